The van der Waals surface area contributed by atoms with Crippen molar-refractivity contribution in [3.63, 3.8) is 0 Å². The second-order valence-corrected chi connectivity index (χ2v) is 8.01. The van der Waals surface area contributed by atoms with E-state index in [9.17, 15) is 23.2 Å². The highest BCUT2D eigenvalue weighted by molar-refractivity contribution is 7.10. The first kappa shape index (κ1) is 18.5. The molecule has 1 aromatic heterocycles. The Morgan fingerprint density at radius 2 is 2.07 bits per heavy atom. The van der Waals surface area contributed by atoms with Crippen LogP contribution in [-0.2, 0) is 28.1 Å². The standard InChI is InChI=1S/C19H17F2N3O3S/c1-19(13-8-12(20)2-3-14(13)21)17(26)24(18(27)22-19)10-16(25)23-6-4-15-11(9-23)5-7-28-15/h2-3,5,7-8H,4,6,9-10H2,1H3,(H,22,27). The number of hydrogen-bond donors (Lipinski definition) is 1. The number of nitrogens with one attached hydrogen (secondary N) is 1. The van der Waals surface area contributed by atoms with Crippen molar-refractivity contribution < 1.29 is 23.2 Å². The lowest BCUT2D eigenvalue weighted by Crippen LogP contribution is -2.45. The Labute approximate surface area is 163 Å². The van der Waals surface area contributed by atoms with Crippen LogP contribution in [0.4, 0.5) is 13.6 Å². The summed E-state index contributed by atoms with van der Waals surface area (Å²) in [6, 6.07) is 3.85. The number of imide groups is 1. The maximum absolute atomic E-state index is 14.2. The fourth-order valence-electron chi connectivity index (χ4n) is 3.60. The minimum atomic E-state index is -1.77. The van der Waals surface area contributed by atoms with Crippen molar-refractivity contribution in [3.8, 4) is 0 Å². The third-order valence-electron chi connectivity index (χ3n) is 5.20. The van der Waals surface area contributed by atoms with Crippen LogP contribution >= 0.6 is 11.3 Å². The first-order chi connectivity index (χ1) is 13.3. The fraction of sp³-hybridized carbons (Fsp3) is 0.316. The Balaban J connectivity index is 1.53. The van der Waals surface area contributed by atoms with Gasteiger partial charge in [-0.2, -0.15) is 0 Å². The number of rotatable bonds is 3. The van der Waals surface area contributed by atoms with E-state index in [4.69, 9.17) is 0 Å². The highest BCUT2D eigenvalue weighted by atomic mass is 32.1. The summed E-state index contributed by atoms with van der Waals surface area (Å²) in [6.45, 7) is 1.79. The van der Waals surface area contributed by atoms with Gasteiger partial charge >= 0.3 is 6.03 Å². The van der Waals surface area contributed by atoms with Gasteiger partial charge in [-0.25, -0.2) is 13.6 Å². The Hall–Kier alpha value is -2.81. The zero-order valence-corrected chi connectivity index (χ0v) is 15.8. The van der Waals surface area contributed by atoms with Gasteiger partial charge in [0.2, 0.25) is 5.91 Å². The van der Waals surface area contributed by atoms with Crippen LogP contribution in [0.15, 0.2) is 29.6 Å². The second kappa shape index (κ2) is 6.66. The minimum absolute atomic E-state index is 0.276. The number of urea groups is 1. The molecule has 3 heterocycles. The van der Waals surface area contributed by atoms with Crippen LogP contribution in [-0.4, -0.2) is 40.7 Å². The molecule has 1 fully saturated rings. The van der Waals surface area contributed by atoms with E-state index in [0.29, 0.717) is 13.1 Å². The fourth-order valence-corrected chi connectivity index (χ4v) is 4.49. The molecule has 0 radical (unpaired) electrons. The van der Waals surface area contributed by atoms with Crippen LogP contribution in [0.3, 0.4) is 0 Å². The van der Waals surface area contributed by atoms with Gasteiger partial charge in [-0.3, -0.25) is 14.5 Å². The summed E-state index contributed by atoms with van der Waals surface area (Å²) >= 11 is 1.64. The topological polar surface area (TPSA) is 69.7 Å². The summed E-state index contributed by atoms with van der Waals surface area (Å²) in [7, 11) is 0. The number of halogens is 2. The van der Waals surface area contributed by atoms with Crippen molar-refractivity contribution in [2.24, 2.45) is 0 Å². The molecule has 1 atom stereocenters. The van der Waals surface area contributed by atoms with Gasteiger partial charge in [0, 0.05) is 23.5 Å². The lowest BCUT2D eigenvalue weighted by Gasteiger charge is -2.28. The monoisotopic (exact) mass is 405 g/mol. The molecular weight excluding hydrogens is 388 g/mol. The molecular formula is C19H17F2N3O3S. The third-order valence-corrected chi connectivity index (χ3v) is 6.22. The summed E-state index contributed by atoms with van der Waals surface area (Å²) in [4.78, 5) is 41.5. The highest BCUT2D eigenvalue weighted by Gasteiger charge is 2.51. The van der Waals surface area contributed by atoms with Gasteiger partial charge in [0.15, 0.2) is 0 Å². The molecule has 1 unspecified atom stereocenters. The molecule has 4 rings (SSSR count). The van der Waals surface area contributed by atoms with E-state index in [1.165, 1.54) is 11.8 Å². The molecule has 0 bridgehead atoms. The van der Waals surface area contributed by atoms with Gasteiger partial charge in [0.1, 0.15) is 23.7 Å². The lowest BCUT2D eigenvalue weighted by atomic mass is 9.91. The zero-order valence-electron chi connectivity index (χ0n) is 15.0. The van der Waals surface area contributed by atoms with Gasteiger partial charge < -0.3 is 10.2 Å². The van der Waals surface area contributed by atoms with E-state index in [1.54, 1.807) is 16.2 Å². The molecule has 0 spiro atoms. The molecule has 1 saturated heterocycles. The van der Waals surface area contributed by atoms with Crippen LogP contribution in [0.2, 0.25) is 0 Å². The van der Waals surface area contributed by atoms with Crippen molar-refractivity contribution in [1.29, 1.82) is 0 Å². The molecule has 4 amide bonds. The van der Waals surface area contributed by atoms with Crippen molar-refractivity contribution in [2.45, 2.75) is 25.4 Å². The van der Waals surface area contributed by atoms with E-state index in [1.807, 2.05) is 11.4 Å². The van der Waals surface area contributed by atoms with Crippen molar-refractivity contribution >= 4 is 29.2 Å². The number of hydrogen-bond acceptors (Lipinski definition) is 4. The molecule has 1 aromatic carbocycles. The van der Waals surface area contributed by atoms with E-state index in [-0.39, 0.29) is 11.5 Å². The predicted octanol–water partition coefficient (Wildman–Crippen LogP) is 2.38. The van der Waals surface area contributed by atoms with Crippen LogP contribution < -0.4 is 5.32 Å². The molecule has 0 aliphatic carbocycles. The van der Waals surface area contributed by atoms with E-state index < -0.39 is 35.7 Å². The largest absolute Gasteiger partial charge is 0.336 e. The van der Waals surface area contributed by atoms with Crippen molar-refractivity contribution in [2.75, 3.05) is 13.1 Å². The van der Waals surface area contributed by atoms with Crippen molar-refractivity contribution in [1.82, 2.24) is 15.1 Å². The van der Waals surface area contributed by atoms with E-state index in [0.717, 1.165) is 35.1 Å². The van der Waals surface area contributed by atoms with Gasteiger partial charge in [0.05, 0.1) is 0 Å². The van der Waals surface area contributed by atoms with Crippen LogP contribution in [0.5, 0.6) is 0 Å². The lowest BCUT2D eigenvalue weighted by molar-refractivity contribution is -0.139. The van der Waals surface area contributed by atoms with Gasteiger partial charge in [-0.05, 0) is 48.6 Å². The molecule has 146 valence electrons. The molecule has 9 heteroatoms. The predicted molar refractivity (Wildman–Crippen MR) is 97.4 cm³/mol. The number of nitrogens with zero attached hydrogens (tertiary/aromatic N) is 2. The van der Waals surface area contributed by atoms with Gasteiger partial charge in [0.25, 0.3) is 5.91 Å². The molecule has 28 heavy (non-hydrogen) atoms. The highest BCUT2D eigenvalue weighted by Crippen LogP contribution is 2.31. The quantitative estimate of drug-likeness (QED) is 0.798. The number of amides is 4. The number of benzene rings is 1. The van der Waals surface area contributed by atoms with Gasteiger partial charge in [-0.15, -0.1) is 11.3 Å². The minimum Gasteiger partial charge on any atom is -0.336 e. The zero-order chi connectivity index (χ0) is 20.1. The Kier molecular flexibility index (Phi) is 4.41. The summed E-state index contributed by atoms with van der Waals surface area (Å²) in [5, 5.41) is 4.36. The average molecular weight is 405 g/mol. The second-order valence-electron chi connectivity index (χ2n) is 7.00. The number of carbonyl (C=O) groups is 3. The molecule has 2 aromatic rings. The third kappa shape index (κ3) is 2.95. The maximum Gasteiger partial charge on any atom is 0.325 e. The number of carbonyl (C=O) groups excluding carboxylic acids is 3. The molecule has 1 N–H and O–H groups in total. The molecule has 0 saturated carbocycles. The number of thiophene rings is 1. The summed E-state index contributed by atoms with van der Waals surface area (Å²) in [6.07, 6.45) is 0.727. The maximum atomic E-state index is 14.2. The first-order valence-electron chi connectivity index (χ1n) is 8.72. The summed E-state index contributed by atoms with van der Waals surface area (Å²) < 4.78 is 27.8. The Bertz CT molecular complexity index is 993. The normalized spacial score (nSPS) is 21.7. The van der Waals surface area contributed by atoms with Gasteiger partial charge in [-0.1, -0.05) is 0 Å². The molecule has 2 aliphatic heterocycles. The molecule has 6 nitrogen and oxygen atoms in total. The molecule has 2 aliphatic rings. The Morgan fingerprint density at radius 1 is 1.29 bits per heavy atom. The van der Waals surface area contributed by atoms with E-state index >= 15 is 0 Å². The SMILES string of the molecule is CC1(c2cc(F)ccc2F)NC(=O)N(CC(=O)N2CCc3sccc3C2)C1=O. The average Bonchev–Trinajstić information content (AvgIpc) is 3.22. The van der Waals surface area contributed by atoms with Crippen LogP contribution in [0, 0.1) is 11.6 Å². The van der Waals surface area contributed by atoms with Crippen LogP contribution in [0.25, 0.3) is 0 Å². The number of fused-ring (bicyclic) bond motifs is 1. The van der Waals surface area contributed by atoms with Crippen LogP contribution in [0.1, 0.15) is 22.9 Å². The van der Waals surface area contributed by atoms with E-state index in [2.05, 4.69) is 5.32 Å². The smallest absolute Gasteiger partial charge is 0.325 e. The first-order valence-corrected chi connectivity index (χ1v) is 9.60. The Morgan fingerprint density at radius 3 is 2.86 bits per heavy atom. The summed E-state index contributed by atoms with van der Waals surface area (Å²) in [5.74, 6) is -2.70. The van der Waals surface area contributed by atoms with Crippen molar-refractivity contribution in [3.05, 3.63) is 57.3 Å². The summed E-state index contributed by atoms with van der Waals surface area (Å²) in [5.41, 5.74) is -0.985.